The molecular formula is C22H16BrN3O3S. The minimum Gasteiger partial charge on any atom is -0.454 e. The molecule has 4 aromatic rings. The summed E-state index contributed by atoms with van der Waals surface area (Å²) in [6.07, 6.45) is 0. The molecule has 0 saturated heterocycles. The van der Waals surface area contributed by atoms with E-state index in [0.29, 0.717) is 21.1 Å². The van der Waals surface area contributed by atoms with Crippen LogP contribution in [0.15, 0.2) is 53.0 Å². The third kappa shape index (κ3) is 3.28. The summed E-state index contributed by atoms with van der Waals surface area (Å²) in [5.41, 5.74) is 10.1. The van der Waals surface area contributed by atoms with Crippen molar-refractivity contribution in [2.75, 3.05) is 17.8 Å². The van der Waals surface area contributed by atoms with Gasteiger partial charge < -0.3 is 20.5 Å². The van der Waals surface area contributed by atoms with Crippen LogP contribution in [-0.4, -0.2) is 17.7 Å². The first-order valence-corrected chi connectivity index (χ1v) is 10.8. The highest BCUT2D eigenvalue weighted by Gasteiger charge is 2.19. The average Bonchev–Trinajstić information content (AvgIpc) is 3.33. The van der Waals surface area contributed by atoms with Crippen molar-refractivity contribution < 1.29 is 14.3 Å². The Bertz CT molecular complexity index is 1320. The van der Waals surface area contributed by atoms with Crippen LogP contribution in [0.5, 0.6) is 11.5 Å². The normalized spacial score (nSPS) is 12.3. The molecule has 0 fully saturated rings. The Labute approximate surface area is 184 Å². The average molecular weight is 482 g/mol. The number of halogens is 1. The van der Waals surface area contributed by atoms with Crippen LogP contribution < -0.4 is 20.5 Å². The molecule has 3 N–H and O–H groups in total. The van der Waals surface area contributed by atoms with Crippen LogP contribution in [0.4, 0.5) is 11.4 Å². The fourth-order valence-electron chi connectivity index (χ4n) is 3.33. The number of fused-ring (bicyclic) bond motifs is 2. The fraction of sp³-hybridized carbons (Fsp3) is 0.0909. The third-order valence-electron chi connectivity index (χ3n) is 4.91. The number of pyridine rings is 1. The molecule has 6 nitrogen and oxygen atoms in total. The minimum absolute atomic E-state index is 0.225. The highest BCUT2D eigenvalue weighted by atomic mass is 79.9. The van der Waals surface area contributed by atoms with Crippen LogP contribution in [0, 0.1) is 6.92 Å². The van der Waals surface area contributed by atoms with E-state index in [9.17, 15) is 4.79 Å². The molecule has 2 aromatic carbocycles. The Kier molecular flexibility index (Phi) is 4.60. The second kappa shape index (κ2) is 7.30. The van der Waals surface area contributed by atoms with Crippen molar-refractivity contribution >= 4 is 54.8 Å². The minimum atomic E-state index is -0.245. The Hall–Kier alpha value is -3.10. The number of carbonyl (C=O) groups excluding carboxylic acids is 1. The number of aryl methyl sites for hydroxylation is 1. The van der Waals surface area contributed by atoms with Gasteiger partial charge in [-0.15, -0.1) is 11.3 Å². The summed E-state index contributed by atoms with van der Waals surface area (Å²) < 4.78 is 11.8. The van der Waals surface area contributed by atoms with Crippen molar-refractivity contribution in [2.45, 2.75) is 6.92 Å². The van der Waals surface area contributed by atoms with Gasteiger partial charge in [0.05, 0.1) is 11.4 Å². The molecule has 1 aliphatic heterocycles. The summed E-state index contributed by atoms with van der Waals surface area (Å²) >= 11 is 4.71. The smallest absolute Gasteiger partial charge is 0.267 e. The number of thiophene rings is 1. The molecule has 0 spiro atoms. The van der Waals surface area contributed by atoms with E-state index >= 15 is 0 Å². The molecule has 2 aromatic heterocycles. The van der Waals surface area contributed by atoms with Crippen molar-refractivity contribution in [3.05, 3.63) is 63.4 Å². The van der Waals surface area contributed by atoms with E-state index < -0.39 is 0 Å². The number of nitrogens with zero attached hydrogens (tertiary/aromatic N) is 1. The first-order valence-electron chi connectivity index (χ1n) is 9.16. The molecule has 0 radical (unpaired) electrons. The standard InChI is InChI=1S/C22H16BrN3O3S/c1-11-8-13(23)3-5-15(11)25-21(27)20-19(24)14-4-6-16(26-22(14)30-20)12-2-7-17-18(9-12)29-10-28-17/h2-9H,10,24H2,1H3,(H,25,27). The summed E-state index contributed by atoms with van der Waals surface area (Å²) in [5.74, 6) is 1.18. The SMILES string of the molecule is Cc1cc(Br)ccc1NC(=O)c1sc2nc(-c3ccc4c(c3)OCO4)ccc2c1N. The summed E-state index contributed by atoms with van der Waals surface area (Å²) in [7, 11) is 0. The van der Waals surface area contributed by atoms with Crippen LogP contribution in [0.25, 0.3) is 21.5 Å². The summed E-state index contributed by atoms with van der Waals surface area (Å²) in [6, 6.07) is 15.2. The van der Waals surface area contributed by atoms with Crippen LogP contribution in [-0.2, 0) is 0 Å². The molecular weight excluding hydrogens is 466 g/mol. The molecule has 8 heteroatoms. The number of anilines is 2. The maximum absolute atomic E-state index is 12.9. The largest absolute Gasteiger partial charge is 0.454 e. The second-order valence-corrected chi connectivity index (χ2v) is 8.79. The Balaban J connectivity index is 1.48. The van der Waals surface area contributed by atoms with E-state index in [-0.39, 0.29) is 12.7 Å². The zero-order valence-corrected chi connectivity index (χ0v) is 18.3. The predicted octanol–water partition coefficient (Wildman–Crippen LogP) is 5.60. The van der Waals surface area contributed by atoms with E-state index in [1.165, 1.54) is 11.3 Å². The van der Waals surface area contributed by atoms with Crippen molar-refractivity contribution in [3.63, 3.8) is 0 Å². The molecule has 0 unspecified atom stereocenters. The molecule has 1 amide bonds. The number of hydrogen-bond acceptors (Lipinski definition) is 6. The van der Waals surface area contributed by atoms with Gasteiger partial charge in [0.2, 0.25) is 6.79 Å². The van der Waals surface area contributed by atoms with Gasteiger partial charge >= 0.3 is 0 Å². The quantitative estimate of drug-likeness (QED) is 0.397. The number of hydrogen-bond donors (Lipinski definition) is 2. The molecule has 0 bridgehead atoms. The molecule has 1 aliphatic rings. The maximum Gasteiger partial charge on any atom is 0.267 e. The van der Waals surface area contributed by atoms with E-state index in [2.05, 4.69) is 21.2 Å². The highest BCUT2D eigenvalue weighted by molar-refractivity contribution is 9.10. The maximum atomic E-state index is 12.9. The second-order valence-electron chi connectivity index (χ2n) is 6.88. The van der Waals surface area contributed by atoms with Crippen molar-refractivity contribution in [3.8, 4) is 22.8 Å². The van der Waals surface area contributed by atoms with Crippen molar-refractivity contribution in [2.24, 2.45) is 0 Å². The van der Waals surface area contributed by atoms with Gasteiger partial charge in [0, 0.05) is 21.1 Å². The zero-order valence-electron chi connectivity index (χ0n) is 15.9. The number of amides is 1. The lowest BCUT2D eigenvalue weighted by Gasteiger charge is -2.08. The van der Waals surface area contributed by atoms with Crippen LogP contribution in [0.1, 0.15) is 15.2 Å². The summed E-state index contributed by atoms with van der Waals surface area (Å²) in [5, 5.41) is 3.71. The molecule has 30 heavy (non-hydrogen) atoms. The number of nitrogens with one attached hydrogen (secondary N) is 1. The lowest BCUT2D eigenvalue weighted by molar-refractivity contribution is 0.103. The van der Waals surface area contributed by atoms with E-state index in [4.69, 9.17) is 20.2 Å². The van der Waals surface area contributed by atoms with Gasteiger partial charge in [-0.05, 0) is 61.0 Å². The zero-order chi connectivity index (χ0) is 20.8. The van der Waals surface area contributed by atoms with Gasteiger partial charge in [0.15, 0.2) is 11.5 Å². The van der Waals surface area contributed by atoms with Gasteiger partial charge in [-0.3, -0.25) is 4.79 Å². The highest BCUT2D eigenvalue weighted by Crippen LogP contribution is 2.38. The number of ether oxygens (including phenoxy) is 2. The van der Waals surface area contributed by atoms with Gasteiger partial charge in [-0.2, -0.15) is 0 Å². The van der Waals surface area contributed by atoms with Gasteiger partial charge in [0.1, 0.15) is 9.71 Å². The van der Waals surface area contributed by atoms with Crippen LogP contribution in [0.2, 0.25) is 0 Å². The number of benzene rings is 2. The van der Waals surface area contributed by atoms with Crippen LogP contribution in [0.3, 0.4) is 0 Å². The summed E-state index contributed by atoms with van der Waals surface area (Å²) in [4.78, 5) is 18.8. The van der Waals surface area contributed by atoms with E-state index in [0.717, 1.165) is 38.1 Å². The lowest BCUT2D eigenvalue weighted by atomic mass is 10.1. The molecule has 0 atom stereocenters. The number of nitrogen functional groups attached to an aromatic ring is 1. The Morgan fingerprint density at radius 1 is 1.13 bits per heavy atom. The topological polar surface area (TPSA) is 86.5 Å². The third-order valence-corrected chi connectivity index (χ3v) is 6.51. The molecule has 5 rings (SSSR count). The Morgan fingerprint density at radius 2 is 1.97 bits per heavy atom. The molecule has 0 aliphatic carbocycles. The molecule has 0 saturated carbocycles. The van der Waals surface area contributed by atoms with E-state index in [1.807, 2.05) is 55.5 Å². The number of aromatic nitrogens is 1. The number of rotatable bonds is 3. The van der Waals surface area contributed by atoms with E-state index in [1.54, 1.807) is 0 Å². The molecule has 150 valence electrons. The van der Waals surface area contributed by atoms with Gasteiger partial charge in [-0.25, -0.2) is 4.98 Å². The lowest BCUT2D eigenvalue weighted by Crippen LogP contribution is -2.12. The van der Waals surface area contributed by atoms with Gasteiger partial charge in [0.25, 0.3) is 5.91 Å². The fourth-order valence-corrected chi connectivity index (χ4v) is 4.79. The van der Waals surface area contributed by atoms with Crippen molar-refractivity contribution in [1.29, 1.82) is 0 Å². The Morgan fingerprint density at radius 3 is 2.80 bits per heavy atom. The molecule has 3 heterocycles. The van der Waals surface area contributed by atoms with Crippen LogP contribution >= 0.6 is 27.3 Å². The predicted molar refractivity (Wildman–Crippen MR) is 122 cm³/mol. The summed E-state index contributed by atoms with van der Waals surface area (Å²) in [6.45, 7) is 2.16. The first-order chi connectivity index (χ1) is 14.5. The van der Waals surface area contributed by atoms with Gasteiger partial charge in [-0.1, -0.05) is 15.9 Å². The first kappa shape index (κ1) is 18.9. The number of nitrogens with two attached hydrogens (primary N) is 1. The number of carbonyl (C=O) groups is 1. The monoisotopic (exact) mass is 481 g/mol. The van der Waals surface area contributed by atoms with Crippen molar-refractivity contribution in [1.82, 2.24) is 4.98 Å².